The van der Waals surface area contributed by atoms with Gasteiger partial charge in [-0.25, -0.2) is 4.79 Å². The number of nitrogens with one attached hydrogen (secondary N) is 2. The molecular weight excluding hydrogens is 464 g/mol. The van der Waals surface area contributed by atoms with Crippen LogP contribution < -0.4 is 10.6 Å². The Labute approximate surface area is 211 Å². The highest BCUT2D eigenvalue weighted by Gasteiger charge is 2.30. The molecule has 0 radical (unpaired) electrons. The molecule has 7 nitrogen and oxygen atoms in total. The van der Waals surface area contributed by atoms with Gasteiger partial charge in [-0.15, -0.1) is 0 Å². The normalized spacial score (nSPS) is 14.1. The second kappa shape index (κ2) is 12.6. The van der Waals surface area contributed by atoms with Crippen molar-refractivity contribution < 1.29 is 24.2 Å². The maximum Gasteiger partial charge on any atom is 0.407 e. The molecule has 2 atom stereocenters. The van der Waals surface area contributed by atoms with Gasteiger partial charge < -0.3 is 20.5 Å². The van der Waals surface area contributed by atoms with Gasteiger partial charge in [-0.2, -0.15) is 11.8 Å². The van der Waals surface area contributed by atoms with Crippen LogP contribution >= 0.6 is 11.8 Å². The summed E-state index contributed by atoms with van der Waals surface area (Å²) in [5, 5.41) is 14.7. The Morgan fingerprint density at radius 3 is 2.17 bits per heavy atom. The van der Waals surface area contributed by atoms with Gasteiger partial charge in [0, 0.05) is 12.5 Å². The summed E-state index contributed by atoms with van der Waals surface area (Å²) in [7, 11) is 0. The minimum Gasteiger partial charge on any atom is -0.481 e. The van der Waals surface area contributed by atoms with Gasteiger partial charge in [0.1, 0.15) is 12.6 Å². The van der Waals surface area contributed by atoms with Crippen LogP contribution in [-0.2, 0) is 14.3 Å². The predicted molar refractivity (Wildman–Crippen MR) is 139 cm³/mol. The highest BCUT2D eigenvalue weighted by molar-refractivity contribution is 7.98. The molecule has 8 heteroatoms. The Balaban J connectivity index is 1.60. The maximum atomic E-state index is 12.8. The highest BCUT2D eigenvalue weighted by Crippen LogP contribution is 2.44. The van der Waals surface area contributed by atoms with Crippen LogP contribution in [0.15, 0.2) is 48.5 Å². The smallest absolute Gasteiger partial charge is 0.407 e. The minimum absolute atomic E-state index is 0.0206. The molecule has 2 aromatic rings. The molecule has 0 saturated carbocycles. The zero-order valence-corrected chi connectivity index (χ0v) is 21.3. The number of alkyl carbamates (subject to hydrolysis) is 1. The van der Waals surface area contributed by atoms with Crippen molar-refractivity contribution in [3.8, 4) is 11.1 Å². The zero-order valence-electron chi connectivity index (χ0n) is 20.5. The number of thioether (sulfide) groups is 1. The third-order valence-corrected chi connectivity index (χ3v) is 7.12. The van der Waals surface area contributed by atoms with Gasteiger partial charge >= 0.3 is 12.1 Å². The number of ether oxygens (including phenoxy) is 1. The Bertz CT molecular complexity index is 996. The van der Waals surface area contributed by atoms with Crippen LogP contribution in [0, 0.1) is 11.8 Å². The number of rotatable bonds is 12. The molecule has 2 aromatic carbocycles. The van der Waals surface area contributed by atoms with Crippen molar-refractivity contribution in [3.05, 3.63) is 59.7 Å². The van der Waals surface area contributed by atoms with Gasteiger partial charge in [0.15, 0.2) is 0 Å². The maximum absolute atomic E-state index is 12.8. The van der Waals surface area contributed by atoms with Crippen LogP contribution in [0.3, 0.4) is 0 Å². The first-order valence-corrected chi connectivity index (χ1v) is 13.3. The number of fused-ring (bicyclic) bond motifs is 3. The van der Waals surface area contributed by atoms with Gasteiger partial charge in [0.2, 0.25) is 5.91 Å². The molecule has 0 spiro atoms. The van der Waals surface area contributed by atoms with E-state index in [0.29, 0.717) is 12.2 Å². The Kier molecular flexibility index (Phi) is 9.60. The largest absolute Gasteiger partial charge is 0.481 e. The van der Waals surface area contributed by atoms with E-state index in [1.54, 1.807) is 11.8 Å². The van der Waals surface area contributed by atoms with Crippen molar-refractivity contribution in [2.45, 2.75) is 38.6 Å². The number of amides is 2. The van der Waals surface area contributed by atoms with E-state index in [-0.39, 0.29) is 43.2 Å². The molecule has 35 heavy (non-hydrogen) atoms. The number of carbonyl (C=O) groups excluding carboxylic acids is 2. The molecule has 1 aliphatic rings. The van der Waals surface area contributed by atoms with Gasteiger partial charge in [0.25, 0.3) is 0 Å². The van der Waals surface area contributed by atoms with Crippen molar-refractivity contribution in [1.82, 2.24) is 10.6 Å². The second-order valence-electron chi connectivity index (χ2n) is 9.15. The van der Waals surface area contributed by atoms with Crippen molar-refractivity contribution in [2.24, 2.45) is 11.8 Å². The summed E-state index contributed by atoms with van der Waals surface area (Å²) in [6.07, 6.45) is 1.72. The molecule has 0 bridgehead atoms. The van der Waals surface area contributed by atoms with E-state index in [1.807, 2.05) is 44.4 Å². The SMILES string of the molecule is CSCC[C@H](NC(=O)OCC1c2ccccc2-c2ccccc21)C(=O)NCC(CC(=O)O)C(C)C. The summed E-state index contributed by atoms with van der Waals surface area (Å²) in [5.74, 6) is -0.685. The Morgan fingerprint density at radius 1 is 1.03 bits per heavy atom. The van der Waals surface area contributed by atoms with Crippen molar-refractivity contribution in [3.63, 3.8) is 0 Å². The predicted octanol–water partition coefficient (Wildman–Crippen LogP) is 4.51. The van der Waals surface area contributed by atoms with Crippen LogP contribution in [0.5, 0.6) is 0 Å². The second-order valence-corrected chi connectivity index (χ2v) is 10.1. The van der Waals surface area contributed by atoms with E-state index in [0.717, 1.165) is 22.3 Å². The molecule has 0 heterocycles. The molecule has 1 unspecified atom stereocenters. The summed E-state index contributed by atoms with van der Waals surface area (Å²) in [6.45, 7) is 4.27. The van der Waals surface area contributed by atoms with E-state index < -0.39 is 18.1 Å². The quantitative estimate of drug-likeness (QED) is 0.398. The Hall–Kier alpha value is -3.00. The number of carbonyl (C=O) groups is 3. The first kappa shape index (κ1) is 26.6. The number of hydrogen-bond donors (Lipinski definition) is 3. The molecule has 3 N–H and O–H groups in total. The lowest BCUT2D eigenvalue weighted by atomic mass is 9.92. The monoisotopic (exact) mass is 498 g/mol. The summed E-state index contributed by atoms with van der Waals surface area (Å²) in [5.41, 5.74) is 4.54. The number of aliphatic carboxylic acids is 1. The molecule has 3 rings (SSSR count). The third-order valence-electron chi connectivity index (χ3n) is 6.48. The first-order chi connectivity index (χ1) is 16.8. The zero-order chi connectivity index (χ0) is 25.4. The molecule has 1 aliphatic carbocycles. The molecular formula is C27H34N2O5S. The van der Waals surface area contributed by atoms with Gasteiger partial charge in [-0.05, 0) is 52.5 Å². The number of carboxylic acid groups (broad SMARTS) is 1. The molecule has 0 aliphatic heterocycles. The van der Waals surface area contributed by atoms with E-state index in [9.17, 15) is 14.4 Å². The van der Waals surface area contributed by atoms with Crippen LogP contribution in [0.1, 0.15) is 43.7 Å². The van der Waals surface area contributed by atoms with Crippen molar-refractivity contribution in [1.29, 1.82) is 0 Å². The van der Waals surface area contributed by atoms with Crippen LogP contribution in [0.25, 0.3) is 11.1 Å². The highest BCUT2D eigenvalue weighted by atomic mass is 32.2. The summed E-state index contributed by atoms with van der Waals surface area (Å²) in [4.78, 5) is 36.7. The topological polar surface area (TPSA) is 105 Å². The minimum atomic E-state index is -0.895. The van der Waals surface area contributed by atoms with E-state index in [4.69, 9.17) is 9.84 Å². The lowest BCUT2D eigenvalue weighted by molar-refractivity contribution is -0.138. The van der Waals surface area contributed by atoms with Crippen molar-refractivity contribution >= 4 is 29.7 Å². The number of carboxylic acids is 1. The molecule has 188 valence electrons. The fraction of sp³-hybridized carbons (Fsp3) is 0.444. The lowest BCUT2D eigenvalue weighted by Gasteiger charge is -2.23. The van der Waals surface area contributed by atoms with Crippen LogP contribution in [0.2, 0.25) is 0 Å². The first-order valence-electron chi connectivity index (χ1n) is 11.9. The number of benzene rings is 2. The fourth-order valence-corrected chi connectivity index (χ4v) is 4.88. The molecule has 0 saturated heterocycles. The average Bonchev–Trinajstić information content (AvgIpc) is 3.16. The third kappa shape index (κ3) is 7.01. The number of hydrogen-bond acceptors (Lipinski definition) is 5. The average molecular weight is 499 g/mol. The van der Waals surface area contributed by atoms with E-state index in [1.165, 1.54) is 0 Å². The standard InChI is InChI=1S/C27H34N2O5S/c1-17(2)18(14-25(30)31)15-28-26(32)24(12-13-35-3)29-27(33)34-16-23-21-10-6-4-8-19(21)20-9-5-7-11-22(20)23/h4-11,17-18,23-24H,12-16H2,1-3H3,(H,28,32)(H,29,33)(H,30,31)/t18?,24-/m0/s1. The molecule has 0 fully saturated rings. The lowest BCUT2D eigenvalue weighted by Crippen LogP contribution is -2.48. The van der Waals surface area contributed by atoms with Gasteiger partial charge in [0.05, 0.1) is 6.42 Å². The Morgan fingerprint density at radius 2 is 1.63 bits per heavy atom. The van der Waals surface area contributed by atoms with E-state index >= 15 is 0 Å². The molecule has 0 aromatic heterocycles. The van der Waals surface area contributed by atoms with Crippen LogP contribution in [0.4, 0.5) is 4.79 Å². The van der Waals surface area contributed by atoms with Gasteiger partial charge in [-0.1, -0.05) is 62.4 Å². The summed E-state index contributed by atoms with van der Waals surface area (Å²) >= 11 is 1.58. The summed E-state index contributed by atoms with van der Waals surface area (Å²) in [6, 6.07) is 15.5. The fourth-order valence-electron chi connectivity index (χ4n) is 4.41. The van der Waals surface area contributed by atoms with Crippen LogP contribution in [-0.4, -0.2) is 54.3 Å². The van der Waals surface area contributed by atoms with E-state index in [2.05, 4.69) is 34.9 Å². The van der Waals surface area contributed by atoms with Crippen molar-refractivity contribution in [2.75, 3.05) is 25.2 Å². The molecule has 2 amide bonds. The van der Waals surface area contributed by atoms with Gasteiger partial charge in [-0.3, -0.25) is 9.59 Å². The summed E-state index contributed by atoms with van der Waals surface area (Å²) < 4.78 is 5.60.